The van der Waals surface area contributed by atoms with E-state index in [4.69, 9.17) is 21.4 Å². The molecule has 0 amide bonds. The lowest BCUT2D eigenvalue weighted by Gasteiger charge is -2.10. The average Bonchev–Trinajstić information content (AvgIpc) is 2.71. The maximum absolute atomic E-state index is 10.6. The zero-order valence-electron chi connectivity index (χ0n) is 15.3. The van der Waals surface area contributed by atoms with Crippen LogP contribution in [0.25, 0.3) is 5.57 Å². The molecular weight excluding hydrogens is 519 g/mol. The molecule has 1 N–H and O–H groups in total. The van der Waals surface area contributed by atoms with Crippen LogP contribution in [0.3, 0.4) is 0 Å². The molecule has 0 saturated carbocycles. The first-order chi connectivity index (χ1) is 14.0. The Morgan fingerprint density at radius 3 is 2.48 bits per heavy atom. The third-order valence-corrected chi connectivity index (χ3v) is 5.90. The lowest BCUT2D eigenvalue weighted by Crippen LogP contribution is -2.09. The molecule has 0 aliphatic carbocycles. The van der Waals surface area contributed by atoms with E-state index in [9.17, 15) is 4.79 Å². The standard InChI is InChI=1S/C23H18ClIO3S/c24-21-14-19(9-10-22(21)28-15-23(26)27)29-12-11-20(16-5-2-1-3-6-16)17-7-4-8-18(25)13-17/h1-11,13-14H,12,15H2,(H,26,27)/b20-11-. The predicted octanol–water partition coefficient (Wildman–Crippen LogP) is 6.63. The number of rotatable bonds is 8. The molecule has 0 bridgehead atoms. The molecule has 0 aliphatic heterocycles. The molecule has 0 fully saturated rings. The second-order valence-electron chi connectivity index (χ2n) is 6.08. The maximum Gasteiger partial charge on any atom is 0.341 e. The average molecular weight is 537 g/mol. The van der Waals surface area contributed by atoms with Gasteiger partial charge in [0.05, 0.1) is 5.02 Å². The van der Waals surface area contributed by atoms with E-state index in [2.05, 4.69) is 65.1 Å². The highest BCUT2D eigenvalue weighted by Gasteiger charge is 2.08. The van der Waals surface area contributed by atoms with Crippen molar-refractivity contribution in [1.82, 2.24) is 0 Å². The van der Waals surface area contributed by atoms with Gasteiger partial charge in [-0.3, -0.25) is 0 Å². The van der Waals surface area contributed by atoms with E-state index in [-0.39, 0.29) is 0 Å². The Hall–Kier alpha value is -1.96. The van der Waals surface area contributed by atoms with Gasteiger partial charge in [0.25, 0.3) is 0 Å². The van der Waals surface area contributed by atoms with Crippen LogP contribution in [0.1, 0.15) is 11.1 Å². The third kappa shape index (κ3) is 6.52. The van der Waals surface area contributed by atoms with Crippen molar-refractivity contribution in [2.24, 2.45) is 0 Å². The van der Waals surface area contributed by atoms with Crippen LogP contribution in [-0.4, -0.2) is 23.4 Å². The highest BCUT2D eigenvalue weighted by Crippen LogP contribution is 2.31. The van der Waals surface area contributed by atoms with Gasteiger partial charge in [0, 0.05) is 14.2 Å². The van der Waals surface area contributed by atoms with Crippen LogP contribution in [0, 0.1) is 3.57 Å². The molecule has 0 saturated heterocycles. The lowest BCUT2D eigenvalue weighted by atomic mass is 9.98. The zero-order chi connectivity index (χ0) is 20.6. The van der Waals surface area contributed by atoms with Crippen molar-refractivity contribution < 1.29 is 14.6 Å². The Kier molecular flexibility index (Phi) is 8.03. The molecule has 0 aliphatic rings. The second-order valence-corrected chi connectivity index (χ2v) is 8.83. The summed E-state index contributed by atoms with van der Waals surface area (Å²) in [5.41, 5.74) is 3.54. The Morgan fingerprint density at radius 2 is 1.79 bits per heavy atom. The van der Waals surface area contributed by atoms with Gasteiger partial charge in [0.15, 0.2) is 6.61 Å². The molecular formula is C23H18ClIO3S. The fourth-order valence-corrected chi connectivity index (χ4v) is 4.38. The Labute approximate surface area is 192 Å². The van der Waals surface area contributed by atoms with E-state index in [1.807, 2.05) is 24.3 Å². The fraction of sp³-hybridized carbons (Fsp3) is 0.0870. The normalized spacial score (nSPS) is 11.3. The molecule has 3 nitrogen and oxygen atoms in total. The van der Waals surface area contributed by atoms with Gasteiger partial charge in [-0.1, -0.05) is 60.1 Å². The number of ether oxygens (including phenoxy) is 1. The summed E-state index contributed by atoms with van der Waals surface area (Å²) in [5, 5.41) is 9.12. The number of aliphatic carboxylic acids is 1. The van der Waals surface area contributed by atoms with Crippen molar-refractivity contribution in [1.29, 1.82) is 0 Å². The van der Waals surface area contributed by atoms with Gasteiger partial charge in [0.1, 0.15) is 5.75 Å². The van der Waals surface area contributed by atoms with Gasteiger partial charge in [0.2, 0.25) is 0 Å². The summed E-state index contributed by atoms with van der Waals surface area (Å²) < 4.78 is 6.36. The van der Waals surface area contributed by atoms with Crippen LogP contribution in [-0.2, 0) is 4.79 Å². The second kappa shape index (κ2) is 10.7. The fourth-order valence-electron chi connectivity index (χ4n) is 2.73. The SMILES string of the molecule is O=C(O)COc1ccc(SC/C=C(/c2ccccc2)c2cccc(I)c2)cc1Cl. The first-order valence-electron chi connectivity index (χ1n) is 8.81. The minimum atomic E-state index is -1.03. The molecule has 0 heterocycles. The first-order valence-corrected chi connectivity index (χ1v) is 11.3. The van der Waals surface area contributed by atoms with Crippen LogP contribution in [0.4, 0.5) is 0 Å². The highest BCUT2D eigenvalue weighted by atomic mass is 127. The smallest absolute Gasteiger partial charge is 0.341 e. The van der Waals surface area contributed by atoms with Gasteiger partial charge in [-0.15, -0.1) is 11.8 Å². The largest absolute Gasteiger partial charge is 0.480 e. The quantitative estimate of drug-likeness (QED) is 0.259. The van der Waals surface area contributed by atoms with E-state index in [1.54, 1.807) is 23.9 Å². The summed E-state index contributed by atoms with van der Waals surface area (Å²) in [6.45, 7) is -0.411. The number of hydrogen-bond donors (Lipinski definition) is 1. The van der Waals surface area contributed by atoms with Crippen LogP contribution < -0.4 is 4.74 Å². The summed E-state index contributed by atoms with van der Waals surface area (Å²) in [6.07, 6.45) is 2.22. The van der Waals surface area contributed by atoms with E-state index in [1.165, 1.54) is 20.3 Å². The minimum Gasteiger partial charge on any atom is -0.480 e. The van der Waals surface area contributed by atoms with Gasteiger partial charge in [-0.25, -0.2) is 4.79 Å². The number of thioether (sulfide) groups is 1. The van der Waals surface area contributed by atoms with Gasteiger partial charge in [-0.2, -0.15) is 0 Å². The summed E-state index contributed by atoms with van der Waals surface area (Å²) >= 11 is 10.2. The highest BCUT2D eigenvalue weighted by molar-refractivity contribution is 14.1. The van der Waals surface area contributed by atoms with Gasteiger partial charge in [-0.05, 0) is 69.6 Å². The Bertz CT molecular complexity index is 1020. The van der Waals surface area contributed by atoms with Crippen molar-refractivity contribution in [3.05, 3.63) is 98.6 Å². The predicted molar refractivity (Wildman–Crippen MR) is 128 cm³/mol. The van der Waals surface area contributed by atoms with E-state index < -0.39 is 12.6 Å². The van der Waals surface area contributed by atoms with E-state index >= 15 is 0 Å². The molecule has 0 spiro atoms. The molecule has 0 unspecified atom stereocenters. The van der Waals surface area contributed by atoms with Crippen LogP contribution >= 0.6 is 46.0 Å². The minimum absolute atomic E-state index is 0.373. The number of carbonyl (C=O) groups is 1. The Morgan fingerprint density at radius 1 is 1.03 bits per heavy atom. The lowest BCUT2D eigenvalue weighted by molar-refractivity contribution is -0.139. The monoisotopic (exact) mass is 536 g/mol. The molecule has 148 valence electrons. The molecule has 0 aromatic heterocycles. The molecule has 3 rings (SSSR count). The third-order valence-electron chi connectivity index (χ3n) is 4.01. The number of carboxylic acids is 1. The number of carboxylic acid groups (broad SMARTS) is 1. The Balaban J connectivity index is 1.76. The first kappa shape index (κ1) is 21.7. The molecule has 0 radical (unpaired) electrons. The summed E-state index contributed by atoms with van der Waals surface area (Å²) in [6, 6.07) is 24.2. The summed E-state index contributed by atoms with van der Waals surface area (Å²) in [5.74, 6) is 0.105. The van der Waals surface area contributed by atoms with Crippen molar-refractivity contribution in [3.8, 4) is 5.75 Å². The molecule has 3 aromatic carbocycles. The van der Waals surface area contributed by atoms with Gasteiger partial charge >= 0.3 is 5.97 Å². The van der Waals surface area contributed by atoms with Crippen LogP contribution in [0.15, 0.2) is 83.8 Å². The van der Waals surface area contributed by atoms with Crippen molar-refractivity contribution in [2.75, 3.05) is 12.4 Å². The topological polar surface area (TPSA) is 46.5 Å². The molecule has 3 aromatic rings. The number of benzene rings is 3. The molecule has 0 atom stereocenters. The van der Waals surface area contributed by atoms with E-state index in [0.29, 0.717) is 10.8 Å². The number of hydrogen-bond acceptors (Lipinski definition) is 3. The van der Waals surface area contributed by atoms with Crippen molar-refractivity contribution in [2.45, 2.75) is 4.90 Å². The summed E-state index contributed by atoms with van der Waals surface area (Å²) in [7, 11) is 0. The molecule has 6 heteroatoms. The molecule has 29 heavy (non-hydrogen) atoms. The van der Waals surface area contributed by atoms with Crippen molar-refractivity contribution in [3.63, 3.8) is 0 Å². The summed E-state index contributed by atoms with van der Waals surface area (Å²) in [4.78, 5) is 11.6. The van der Waals surface area contributed by atoms with Gasteiger partial charge < -0.3 is 9.84 Å². The zero-order valence-corrected chi connectivity index (χ0v) is 19.1. The van der Waals surface area contributed by atoms with Crippen LogP contribution in [0.5, 0.6) is 5.75 Å². The maximum atomic E-state index is 10.6. The van der Waals surface area contributed by atoms with Crippen molar-refractivity contribution >= 4 is 57.5 Å². The van der Waals surface area contributed by atoms with E-state index in [0.717, 1.165) is 10.6 Å². The van der Waals surface area contributed by atoms with Crippen LogP contribution in [0.2, 0.25) is 5.02 Å². The number of halogens is 2.